The van der Waals surface area contributed by atoms with Crippen molar-refractivity contribution >= 4 is 17.7 Å². The summed E-state index contributed by atoms with van der Waals surface area (Å²) >= 11 is 0. The van der Waals surface area contributed by atoms with Crippen LogP contribution < -0.4 is 0 Å². The number of nitrogens with zero attached hydrogens (tertiary/aromatic N) is 4. The van der Waals surface area contributed by atoms with Gasteiger partial charge < -0.3 is 13.9 Å². The maximum Gasteiger partial charge on any atom is 0.378 e. The number of hydrogen-bond acceptors (Lipinski definition) is 8. The van der Waals surface area contributed by atoms with Gasteiger partial charge in [-0.15, -0.1) is 5.10 Å². The topological polar surface area (TPSA) is 109 Å². The van der Waals surface area contributed by atoms with Crippen LogP contribution in [0.3, 0.4) is 0 Å². The van der Waals surface area contributed by atoms with Gasteiger partial charge in [0.1, 0.15) is 12.4 Å². The highest BCUT2D eigenvalue weighted by Gasteiger charge is 2.18. The molecule has 0 bridgehead atoms. The fourth-order valence-electron chi connectivity index (χ4n) is 2.12. The molecule has 0 atom stereocenters. The van der Waals surface area contributed by atoms with Gasteiger partial charge in [-0.3, -0.25) is 0 Å². The number of fused-ring (bicyclic) bond motifs is 1. The number of carbonyl (C=O) groups excluding carboxylic acids is 2. The number of ether oxygens (including phenoxy) is 2. The van der Waals surface area contributed by atoms with Gasteiger partial charge in [-0.25, -0.2) is 19.1 Å². The molecule has 0 aromatic carbocycles. The van der Waals surface area contributed by atoms with Gasteiger partial charge in [0.15, 0.2) is 0 Å². The molecule has 0 aliphatic heterocycles. The van der Waals surface area contributed by atoms with Crippen LogP contribution in [0.4, 0.5) is 0 Å². The number of hydrogen-bond donors (Lipinski definition) is 0. The van der Waals surface area contributed by atoms with E-state index in [1.54, 1.807) is 0 Å². The van der Waals surface area contributed by atoms with Crippen molar-refractivity contribution in [1.82, 2.24) is 19.6 Å². The molecule has 3 rings (SSSR count). The molecule has 0 spiro atoms. The zero-order valence-electron chi connectivity index (χ0n) is 13.3. The Kier molecular flexibility index (Phi) is 3.98. The summed E-state index contributed by atoms with van der Waals surface area (Å²) in [6, 6.07) is 4.79. The number of rotatable bonds is 4. The molecule has 0 unspecified atom stereocenters. The second-order valence-electron chi connectivity index (χ2n) is 5.02. The van der Waals surface area contributed by atoms with E-state index >= 15 is 0 Å². The first-order valence-corrected chi connectivity index (χ1v) is 7.03. The van der Waals surface area contributed by atoms with Crippen LogP contribution in [0, 0.1) is 13.8 Å². The van der Waals surface area contributed by atoms with E-state index in [1.165, 1.54) is 23.8 Å². The number of carbonyl (C=O) groups is 2. The van der Waals surface area contributed by atoms with E-state index in [0.717, 1.165) is 11.4 Å². The zero-order chi connectivity index (χ0) is 17.3. The van der Waals surface area contributed by atoms with Crippen molar-refractivity contribution < 1.29 is 23.5 Å². The highest BCUT2D eigenvalue weighted by atomic mass is 16.6. The van der Waals surface area contributed by atoms with Gasteiger partial charge >= 0.3 is 11.9 Å². The minimum atomic E-state index is -0.714. The van der Waals surface area contributed by atoms with E-state index in [-0.39, 0.29) is 18.2 Å². The van der Waals surface area contributed by atoms with Crippen LogP contribution in [0.5, 0.6) is 0 Å². The highest BCUT2D eigenvalue weighted by Crippen LogP contribution is 2.11. The van der Waals surface area contributed by atoms with E-state index < -0.39 is 11.9 Å². The van der Waals surface area contributed by atoms with Crippen molar-refractivity contribution in [1.29, 1.82) is 0 Å². The van der Waals surface area contributed by atoms with Crippen molar-refractivity contribution in [3.05, 3.63) is 46.9 Å². The molecule has 3 aromatic rings. The third kappa shape index (κ3) is 2.96. The van der Waals surface area contributed by atoms with Crippen LogP contribution in [0.25, 0.3) is 5.78 Å². The first-order valence-electron chi connectivity index (χ1n) is 7.03. The molecule has 9 nitrogen and oxygen atoms in total. The first-order chi connectivity index (χ1) is 11.5. The summed E-state index contributed by atoms with van der Waals surface area (Å²) < 4.78 is 16.3. The van der Waals surface area contributed by atoms with Gasteiger partial charge in [0.05, 0.1) is 7.11 Å². The van der Waals surface area contributed by atoms with Crippen LogP contribution >= 0.6 is 0 Å². The van der Waals surface area contributed by atoms with Crippen molar-refractivity contribution in [2.24, 2.45) is 0 Å². The summed E-state index contributed by atoms with van der Waals surface area (Å²) in [5.74, 6) is -0.760. The number of esters is 2. The smallest absolute Gasteiger partial charge is 0.378 e. The summed E-state index contributed by atoms with van der Waals surface area (Å²) in [7, 11) is 1.25. The maximum absolute atomic E-state index is 12.1. The Balaban J connectivity index is 1.72. The summed E-state index contributed by atoms with van der Waals surface area (Å²) in [5.41, 5.74) is 1.58. The molecule has 0 amide bonds. The van der Waals surface area contributed by atoms with Crippen molar-refractivity contribution in [2.75, 3.05) is 7.11 Å². The lowest BCUT2D eigenvalue weighted by atomic mass is 10.4. The average Bonchev–Trinajstić information content (AvgIpc) is 3.18. The predicted octanol–water partition coefficient (Wildman–Crippen LogP) is 1.48. The molecule has 0 N–H and O–H groups in total. The van der Waals surface area contributed by atoms with Crippen LogP contribution in [0.2, 0.25) is 0 Å². The lowest BCUT2D eigenvalue weighted by molar-refractivity contribution is 0.0425. The van der Waals surface area contributed by atoms with Gasteiger partial charge in [-0.2, -0.15) is 4.98 Å². The molecule has 0 saturated heterocycles. The molecule has 0 radical (unpaired) electrons. The van der Waals surface area contributed by atoms with E-state index in [2.05, 4.69) is 19.8 Å². The third-order valence-electron chi connectivity index (χ3n) is 3.19. The molecule has 24 heavy (non-hydrogen) atoms. The summed E-state index contributed by atoms with van der Waals surface area (Å²) in [5, 5.41) is 4.08. The van der Waals surface area contributed by atoms with Gasteiger partial charge in [0.25, 0.3) is 11.6 Å². The minimum absolute atomic E-state index is 0.0321. The van der Waals surface area contributed by atoms with Crippen LogP contribution in [0.15, 0.2) is 22.6 Å². The molecule has 0 aliphatic carbocycles. The summed E-state index contributed by atoms with van der Waals surface area (Å²) in [6.07, 6.45) is 0. The first kappa shape index (κ1) is 15.7. The molecule has 3 heterocycles. The molecule has 124 valence electrons. The third-order valence-corrected chi connectivity index (χ3v) is 3.19. The number of aryl methyl sites for hydroxylation is 2. The second kappa shape index (κ2) is 6.11. The van der Waals surface area contributed by atoms with Gasteiger partial charge in [0.2, 0.25) is 5.76 Å². The largest absolute Gasteiger partial charge is 0.463 e. The Morgan fingerprint density at radius 3 is 2.75 bits per heavy atom. The Hall–Kier alpha value is -3.23. The normalized spacial score (nSPS) is 10.8. The fraction of sp³-hybridized carbons (Fsp3) is 0.267. The molecular formula is C15H14N4O5. The Morgan fingerprint density at radius 2 is 2.00 bits per heavy atom. The Labute approximate surface area is 136 Å². The zero-order valence-corrected chi connectivity index (χ0v) is 13.3. The summed E-state index contributed by atoms with van der Waals surface area (Å²) in [6.45, 7) is 3.51. The quantitative estimate of drug-likeness (QED) is 0.662. The van der Waals surface area contributed by atoms with Gasteiger partial charge in [0, 0.05) is 11.4 Å². The number of furan rings is 1. The summed E-state index contributed by atoms with van der Waals surface area (Å²) in [4.78, 5) is 31.6. The van der Waals surface area contributed by atoms with Crippen LogP contribution in [-0.4, -0.2) is 38.6 Å². The minimum Gasteiger partial charge on any atom is -0.463 e. The Bertz CT molecular complexity index is 927. The van der Waals surface area contributed by atoms with Crippen LogP contribution in [-0.2, 0) is 16.1 Å². The number of aromatic nitrogens is 4. The standard InChI is InChI=1S/C15H14N4O5/c1-8-6-9(2)19-15(16-8)17-12(18-19)14(21)23-7-10-4-5-11(24-10)13(20)22-3/h4-6H,7H2,1-3H3. The van der Waals surface area contributed by atoms with E-state index in [1.807, 2.05) is 19.9 Å². The second-order valence-corrected chi connectivity index (χ2v) is 5.02. The Morgan fingerprint density at radius 1 is 1.21 bits per heavy atom. The lowest BCUT2D eigenvalue weighted by Gasteiger charge is -1.99. The van der Waals surface area contributed by atoms with Gasteiger partial charge in [-0.05, 0) is 32.0 Å². The molecule has 3 aromatic heterocycles. The average molecular weight is 330 g/mol. The molecule has 0 fully saturated rings. The number of methoxy groups -OCH3 is 1. The molecular weight excluding hydrogens is 316 g/mol. The van der Waals surface area contributed by atoms with E-state index in [0.29, 0.717) is 11.5 Å². The van der Waals surface area contributed by atoms with Crippen LogP contribution in [0.1, 0.15) is 38.3 Å². The van der Waals surface area contributed by atoms with E-state index in [9.17, 15) is 9.59 Å². The molecule has 9 heteroatoms. The predicted molar refractivity (Wildman–Crippen MR) is 79.4 cm³/mol. The monoisotopic (exact) mass is 330 g/mol. The van der Waals surface area contributed by atoms with Crippen molar-refractivity contribution in [3.8, 4) is 0 Å². The maximum atomic E-state index is 12.1. The van der Waals surface area contributed by atoms with E-state index in [4.69, 9.17) is 9.15 Å². The van der Waals surface area contributed by atoms with Crippen molar-refractivity contribution in [3.63, 3.8) is 0 Å². The SMILES string of the molecule is COC(=O)c1ccc(COC(=O)c2nc3nc(C)cc(C)n3n2)o1. The highest BCUT2D eigenvalue weighted by molar-refractivity contribution is 5.86. The van der Waals surface area contributed by atoms with Gasteiger partial charge in [-0.1, -0.05) is 0 Å². The lowest BCUT2D eigenvalue weighted by Crippen LogP contribution is -2.07. The van der Waals surface area contributed by atoms with Crippen molar-refractivity contribution in [2.45, 2.75) is 20.5 Å². The molecule has 0 aliphatic rings. The molecule has 0 saturated carbocycles. The fourth-order valence-corrected chi connectivity index (χ4v) is 2.12.